The van der Waals surface area contributed by atoms with E-state index in [0.29, 0.717) is 13.0 Å². The second kappa shape index (κ2) is 5.85. The Morgan fingerprint density at radius 3 is 2.80 bits per heavy atom. The number of amides is 1. The predicted octanol–water partition coefficient (Wildman–Crippen LogP) is 2.16. The van der Waals surface area contributed by atoms with Crippen molar-refractivity contribution in [1.29, 1.82) is 0 Å². The lowest BCUT2D eigenvalue weighted by Crippen LogP contribution is -2.44. The Balaban J connectivity index is 2.15. The third-order valence-electron chi connectivity index (χ3n) is 3.39. The highest BCUT2D eigenvalue weighted by Crippen LogP contribution is 2.24. The highest BCUT2D eigenvalue weighted by molar-refractivity contribution is 5.92. The molecule has 1 aromatic rings. The Morgan fingerprint density at radius 1 is 1.45 bits per heavy atom. The molecule has 2 rings (SSSR count). The Hall–Kier alpha value is -2.18. The molecular formula is C13H16N2O5. The summed E-state index contributed by atoms with van der Waals surface area (Å²) in [7, 11) is 0. The van der Waals surface area contributed by atoms with E-state index in [9.17, 15) is 19.7 Å². The van der Waals surface area contributed by atoms with E-state index in [2.05, 4.69) is 0 Å². The molecule has 1 saturated heterocycles. The van der Waals surface area contributed by atoms with Gasteiger partial charge < -0.3 is 9.32 Å². The molecule has 108 valence electrons. The fraction of sp³-hybridized carbons (Fsp3) is 0.538. The van der Waals surface area contributed by atoms with Crippen LogP contribution in [0.1, 0.15) is 43.2 Å². The second-order valence-electron chi connectivity index (χ2n) is 4.95. The molecule has 0 N–H and O–H groups in total. The molecule has 0 radical (unpaired) electrons. The standard InChI is InChI=1S/C13H16N2O5/c1-9(16)8-10-4-2-3-7-14(10)13(17)11-5-6-12(20-11)15(18)19/h5-6,10H,2-4,7-8H2,1H3. The van der Waals surface area contributed by atoms with Crippen LogP contribution in [-0.2, 0) is 4.79 Å². The molecule has 1 aliphatic heterocycles. The lowest BCUT2D eigenvalue weighted by Gasteiger charge is -2.34. The number of rotatable bonds is 4. The minimum atomic E-state index is -0.681. The Bertz CT molecular complexity index is 537. The zero-order valence-corrected chi connectivity index (χ0v) is 11.2. The third-order valence-corrected chi connectivity index (χ3v) is 3.39. The fourth-order valence-corrected chi connectivity index (χ4v) is 2.49. The van der Waals surface area contributed by atoms with Gasteiger partial charge in [0, 0.05) is 19.0 Å². The third kappa shape index (κ3) is 3.04. The van der Waals surface area contributed by atoms with Crippen LogP contribution < -0.4 is 0 Å². The van der Waals surface area contributed by atoms with Crippen LogP contribution in [0.5, 0.6) is 0 Å². The summed E-state index contributed by atoms with van der Waals surface area (Å²) in [5.41, 5.74) is 0. The number of hydrogen-bond acceptors (Lipinski definition) is 5. The van der Waals surface area contributed by atoms with Crippen LogP contribution in [-0.4, -0.2) is 34.1 Å². The molecule has 0 aromatic carbocycles. The molecule has 20 heavy (non-hydrogen) atoms. The molecule has 1 fully saturated rings. The molecule has 1 unspecified atom stereocenters. The summed E-state index contributed by atoms with van der Waals surface area (Å²) in [6, 6.07) is 2.33. The molecular weight excluding hydrogens is 264 g/mol. The van der Waals surface area contributed by atoms with Crippen LogP contribution in [0.15, 0.2) is 16.5 Å². The average molecular weight is 280 g/mol. The number of carbonyl (C=O) groups is 2. The summed E-state index contributed by atoms with van der Waals surface area (Å²) >= 11 is 0. The first-order valence-corrected chi connectivity index (χ1v) is 6.53. The van der Waals surface area contributed by atoms with Crippen LogP contribution in [0.3, 0.4) is 0 Å². The van der Waals surface area contributed by atoms with Crippen molar-refractivity contribution in [2.24, 2.45) is 0 Å². The summed E-state index contributed by atoms with van der Waals surface area (Å²) in [6.07, 6.45) is 2.92. The van der Waals surface area contributed by atoms with Gasteiger partial charge in [0.1, 0.15) is 10.7 Å². The SMILES string of the molecule is CC(=O)CC1CCCCN1C(=O)c1ccc([N+](=O)[O-])o1. The number of Topliss-reactive ketones (excluding diaryl/α,β-unsaturated/α-hetero) is 1. The number of hydrogen-bond donors (Lipinski definition) is 0. The molecule has 0 saturated carbocycles. The number of piperidine rings is 1. The van der Waals surface area contributed by atoms with E-state index >= 15 is 0 Å². The number of furan rings is 1. The number of ketones is 1. The summed E-state index contributed by atoms with van der Waals surface area (Å²) in [4.78, 5) is 35.1. The number of nitro groups is 1. The van der Waals surface area contributed by atoms with Gasteiger partial charge in [0.15, 0.2) is 5.76 Å². The van der Waals surface area contributed by atoms with Crippen LogP contribution in [0.4, 0.5) is 5.88 Å². The van der Waals surface area contributed by atoms with Crippen molar-refractivity contribution in [3.05, 3.63) is 28.0 Å². The molecule has 1 amide bonds. The van der Waals surface area contributed by atoms with Crippen molar-refractivity contribution in [3.8, 4) is 0 Å². The smallest absolute Gasteiger partial charge is 0.395 e. The van der Waals surface area contributed by atoms with E-state index in [1.165, 1.54) is 13.0 Å². The van der Waals surface area contributed by atoms with Crippen molar-refractivity contribution >= 4 is 17.6 Å². The first-order chi connectivity index (χ1) is 9.49. The van der Waals surface area contributed by atoms with Gasteiger partial charge in [-0.25, -0.2) is 0 Å². The van der Waals surface area contributed by atoms with Gasteiger partial charge in [-0.2, -0.15) is 0 Å². The monoisotopic (exact) mass is 280 g/mol. The minimum Gasteiger partial charge on any atom is -0.395 e. The van der Waals surface area contributed by atoms with Crippen LogP contribution in [0, 0.1) is 10.1 Å². The summed E-state index contributed by atoms with van der Waals surface area (Å²) in [6.45, 7) is 2.04. The summed E-state index contributed by atoms with van der Waals surface area (Å²) < 4.78 is 4.94. The number of nitrogens with zero attached hydrogens (tertiary/aromatic N) is 2. The predicted molar refractivity (Wildman–Crippen MR) is 69.3 cm³/mol. The van der Waals surface area contributed by atoms with E-state index in [0.717, 1.165) is 25.3 Å². The topological polar surface area (TPSA) is 93.7 Å². The summed E-state index contributed by atoms with van der Waals surface area (Å²) in [5.74, 6) is -0.857. The lowest BCUT2D eigenvalue weighted by molar-refractivity contribution is -0.402. The fourth-order valence-electron chi connectivity index (χ4n) is 2.49. The largest absolute Gasteiger partial charge is 0.433 e. The highest BCUT2D eigenvalue weighted by atomic mass is 16.6. The molecule has 0 bridgehead atoms. The maximum Gasteiger partial charge on any atom is 0.433 e. The quantitative estimate of drug-likeness (QED) is 0.622. The first-order valence-electron chi connectivity index (χ1n) is 6.53. The van der Waals surface area contributed by atoms with Crippen molar-refractivity contribution in [3.63, 3.8) is 0 Å². The van der Waals surface area contributed by atoms with Gasteiger partial charge in [-0.3, -0.25) is 19.7 Å². The van der Waals surface area contributed by atoms with E-state index in [4.69, 9.17) is 4.42 Å². The van der Waals surface area contributed by atoms with Gasteiger partial charge in [-0.05, 0) is 32.3 Å². The van der Waals surface area contributed by atoms with Gasteiger partial charge in [0.25, 0.3) is 5.91 Å². The van der Waals surface area contributed by atoms with E-state index in [-0.39, 0.29) is 23.5 Å². The van der Waals surface area contributed by atoms with Crippen molar-refractivity contribution in [2.75, 3.05) is 6.54 Å². The van der Waals surface area contributed by atoms with Gasteiger partial charge in [-0.1, -0.05) is 0 Å². The van der Waals surface area contributed by atoms with Crippen LogP contribution >= 0.6 is 0 Å². The Kier molecular flexibility index (Phi) is 4.16. The zero-order valence-electron chi connectivity index (χ0n) is 11.2. The number of likely N-dealkylation sites (tertiary alicyclic amines) is 1. The molecule has 1 aromatic heterocycles. The maximum absolute atomic E-state index is 12.3. The zero-order chi connectivity index (χ0) is 14.7. The van der Waals surface area contributed by atoms with Crippen molar-refractivity contribution < 1.29 is 18.9 Å². The van der Waals surface area contributed by atoms with Gasteiger partial charge >= 0.3 is 5.88 Å². The van der Waals surface area contributed by atoms with Gasteiger partial charge in [-0.15, -0.1) is 0 Å². The molecule has 0 aliphatic carbocycles. The Labute approximate surface area is 115 Å². The van der Waals surface area contributed by atoms with Crippen molar-refractivity contribution in [2.45, 2.75) is 38.6 Å². The van der Waals surface area contributed by atoms with E-state index in [1.807, 2.05) is 0 Å². The molecule has 7 heteroatoms. The number of carbonyl (C=O) groups excluding carboxylic acids is 2. The van der Waals surface area contributed by atoms with Gasteiger partial charge in [0.05, 0.1) is 6.07 Å². The average Bonchev–Trinajstić information content (AvgIpc) is 2.87. The molecule has 1 aliphatic rings. The summed E-state index contributed by atoms with van der Waals surface area (Å²) in [5, 5.41) is 10.6. The Morgan fingerprint density at radius 2 is 2.20 bits per heavy atom. The van der Waals surface area contributed by atoms with E-state index < -0.39 is 10.8 Å². The maximum atomic E-state index is 12.3. The normalized spacial score (nSPS) is 18.9. The molecule has 0 spiro atoms. The first kappa shape index (κ1) is 14.2. The van der Waals surface area contributed by atoms with E-state index in [1.54, 1.807) is 4.90 Å². The van der Waals surface area contributed by atoms with Crippen molar-refractivity contribution in [1.82, 2.24) is 4.90 Å². The molecule has 1 atom stereocenters. The lowest BCUT2D eigenvalue weighted by atomic mass is 9.97. The van der Waals surface area contributed by atoms with Crippen LogP contribution in [0.2, 0.25) is 0 Å². The molecule has 7 nitrogen and oxygen atoms in total. The molecule has 2 heterocycles. The minimum absolute atomic E-state index is 0.0279. The van der Waals surface area contributed by atoms with Gasteiger partial charge in [0.2, 0.25) is 0 Å². The van der Waals surface area contributed by atoms with Crippen LogP contribution in [0.25, 0.3) is 0 Å². The highest BCUT2D eigenvalue weighted by Gasteiger charge is 2.30. The second-order valence-corrected chi connectivity index (χ2v) is 4.95.